The third-order valence-corrected chi connectivity index (χ3v) is 3.74. The standard InChI is InChI=1S/C16H14ClNO/c1-11(17)12-6-8-14(9-7-12)18-10-13-4-2-3-5-15(13)16(18)19/h2-9,11H,10H2,1H3. The first kappa shape index (κ1) is 12.2. The number of hydrogen-bond donors (Lipinski definition) is 0. The summed E-state index contributed by atoms with van der Waals surface area (Å²) >= 11 is 6.04. The van der Waals surface area contributed by atoms with Crippen molar-refractivity contribution in [2.45, 2.75) is 18.8 Å². The number of fused-ring (bicyclic) bond motifs is 1. The minimum atomic E-state index is -0.0134. The van der Waals surface area contributed by atoms with Gasteiger partial charge in [-0.3, -0.25) is 4.79 Å². The van der Waals surface area contributed by atoms with Crippen molar-refractivity contribution in [1.82, 2.24) is 0 Å². The van der Waals surface area contributed by atoms with Crippen molar-refractivity contribution in [3.63, 3.8) is 0 Å². The number of benzene rings is 2. The number of hydrogen-bond acceptors (Lipinski definition) is 1. The van der Waals surface area contributed by atoms with Crippen LogP contribution in [0.4, 0.5) is 5.69 Å². The molecule has 1 aliphatic rings. The Kier molecular flexibility index (Phi) is 3.03. The first-order chi connectivity index (χ1) is 9.16. The summed E-state index contributed by atoms with van der Waals surface area (Å²) in [6.07, 6.45) is 0. The average molecular weight is 272 g/mol. The zero-order valence-electron chi connectivity index (χ0n) is 10.6. The van der Waals surface area contributed by atoms with E-state index >= 15 is 0 Å². The zero-order valence-corrected chi connectivity index (χ0v) is 11.4. The first-order valence-corrected chi connectivity index (χ1v) is 6.74. The van der Waals surface area contributed by atoms with Gasteiger partial charge in [0.15, 0.2) is 0 Å². The fourth-order valence-corrected chi connectivity index (χ4v) is 2.53. The summed E-state index contributed by atoms with van der Waals surface area (Å²) in [7, 11) is 0. The molecule has 0 spiro atoms. The predicted octanol–water partition coefficient (Wildman–Crippen LogP) is 4.15. The third-order valence-electron chi connectivity index (χ3n) is 3.49. The van der Waals surface area contributed by atoms with Crippen LogP contribution in [0, 0.1) is 0 Å². The molecule has 2 aromatic rings. The predicted molar refractivity (Wildman–Crippen MR) is 77.7 cm³/mol. The van der Waals surface area contributed by atoms with E-state index in [4.69, 9.17) is 11.6 Å². The Morgan fingerprint density at radius 1 is 1.11 bits per heavy atom. The second-order valence-corrected chi connectivity index (χ2v) is 5.41. The maximum absolute atomic E-state index is 12.3. The quantitative estimate of drug-likeness (QED) is 0.752. The highest BCUT2D eigenvalue weighted by atomic mass is 35.5. The minimum Gasteiger partial charge on any atom is -0.304 e. The lowest BCUT2D eigenvalue weighted by molar-refractivity contribution is 0.0996. The zero-order chi connectivity index (χ0) is 13.4. The molecule has 1 atom stereocenters. The van der Waals surface area contributed by atoms with Crippen LogP contribution >= 0.6 is 11.6 Å². The number of anilines is 1. The second-order valence-electron chi connectivity index (χ2n) is 4.76. The molecule has 0 aliphatic carbocycles. The second kappa shape index (κ2) is 4.71. The van der Waals surface area contributed by atoms with Crippen LogP contribution in [0.1, 0.15) is 33.8 Å². The van der Waals surface area contributed by atoms with Crippen molar-refractivity contribution in [2.75, 3.05) is 4.90 Å². The molecule has 1 aliphatic heterocycles. The van der Waals surface area contributed by atoms with Crippen molar-refractivity contribution < 1.29 is 4.79 Å². The number of carbonyl (C=O) groups excluding carboxylic acids is 1. The normalized spacial score (nSPS) is 15.5. The van der Waals surface area contributed by atoms with Crippen LogP contribution in [0.5, 0.6) is 0 Å². The maximum atomic E-state index is 12.3. The number of halogens is 1. The molecular weight excluding hydrogens is 258 g/mol. The molecule has 2 aromatic carbocycles. The Labute approximate surface area is 117 Å². The van der Waals surface area contributed by atoms with Crippen molar-refractivity contribution >= 4 is 23.2 Å². The van der Waals surface area contributed by atoms with Gasteiger partial charge in [0, 0.05) is 11.3 Å². The Morgan fingerprint density at radius 3 is 2.42 bits per heavy atom. The van der Waals surface area contributed by atoms with E-state index < -0.39 is 0 Å². The van der Waals surface area contributed by atoms with E-state index in [9.17, 15) is 4.79 Å². The molecule has 1 unspecified atom stereocenters. The average Bonchev–Trinajstić information content (AvgIpc) is 2.77. The molecule has 0 radical (unpaired) electrons. The molecule has 0 fully saturated rings. The van der Waals surface area contributed by atoms with Gasteiger partial charge in [0.25, 0.3) is 5.91 Å². The van der Waals surface area contributed by atoms with Crippen LogP contribution < -0.4 is 4.90 Å². The summed E-state index contributed by atoms with van der Waals surface area (Å²) in [5.41, 5.74) is 3.87. The van der Waals surface area contributed by atoms with Gasteiger partial charge in [0.2, 0.25) is 0 Å². The van der Waals surface area contributed by atoms with Crippen molar-refractivity contribution in [2.24, 2.45) is 0 Å². The highest BCUT2D eigenvalue weighted by Gasteiger charge is 2.27. The fourth-order valence-electron chi connectivity index (χ4n) is 2.38. The van der Waals surface area contributed by atoms with Crippen LogP contribution in [0.2, 0.25) is 0 Å². The van der Waals surface area contributed by atoms with Gasteiger partial charge in [-0.25, -0.2) is 0 Å². The summed E-state index contributed by atoms with van der Waals surface area (Å²) in [4.78, 5) is 14.1. The van der Waals surface area contributed by atoms with E-state index in [1.807, 2.05) is 55.5 Å². The lowest BCUT2D eigenvalue weighted by Crippen LogP contribution is -2.22. The summed E-state index contributed by atoms with van der Waals surface area (Å²) in [5, 5.41) is -0.0134. The molecule has 0 bridgehead atoms. The third kappa shape index (κ3) is 2.13. The smallest absolute Gasteiger partial charge is 0.258 e. The van der Waals surface area contributed by atoms with Gasteiger partial charge in [-0.2, -0.15) is 0 Å². The van der Waals surface area contributed by atoms with E-state index in [0.717, 1.165) is 22.4 Å². The Balaban J connectivity index is 1.91. The number of amides is 1. The Bertz CT molecular complexity index is 619. The molecule has 19 heavy (non-hydrogen) atoms. The summed E-state index contributed by atoms with van der Waals surface area (Å²) in [6.45, 7) is 2.58. The van der Waals surface area contributed by atoms with Gasteiger partial charge < -0.3 is 4.90 Å². The Morgan fingerprint density at radius 2 is 1.79 bits per heavy atom. The van der Waals surface area contributed by atoms with Gasteiger partial charge in [0.1, 0.15) is 0 Å². The van der Waals surface area contributed by atoms with Gasteiger partial charge in [-0.15, -0.1) is 11.6 Å². The molecule has 0 N–H and O–H groups in total. The lowest BCUT2D eigenvalue weighted by Gasteiger charge is -2.16. The summed E-state index contributed by atoms with van der Waals surface area (Å²) in [6, 6.07) is 15.6. The van der Waals surface area contributed by atoms with E-state index in [-0.39, 0.29) is 11.3 Å². The topological polar surface area (TPSA) is 20.3 Å². The molecule has 1 amide bonds. The van der Waals surface area contributed by atoms with Crippen LogP contribution in [0.15, 0.2) is 48.5 Å². The maximum Gasteiger partial charge on any atom is 0.258 e. The molecule has 3 heteroatoms. The molecular formula is C16H14ClNO. The van der Waals surface area contributed by atoms with Gasteiger partial charge in [0.05, 0.1) is 11.9 Å². The molecule has 2 nitrogen and oxygen atoms in total. The van der Waals surface area contributed by atoms with Crippen molar-refractivity contribution in [1.29, 1.82) is 0 Å². The Hall–Kier alpha value is -1.80. The minimum absolute atomic E-state index is 0.0134. The van der Waals surface area contributed by atoms with E-state index in [1.54, 1.807) is 4.90 Å². The number of carbonyl (C=O) groups is 1. The lowest BCUT2D eigenvalue weighted by atomic mass is 10.1. The van der Waals surface area contributed by atoms with Gasteiger partial charge >= 0.3 is 0 Å². The SMILES string of the molecule is CC(Cl)c1ccc(N2Cc3ccccc3C2=O)cc1. The number of alkyl halides is 1. The fraction of sp³-hybridized carbons (Fsp3) is 0.188. The van der Waals surface area contributed by atoms with Crippen LogP contribution in [0.25, 0.3) is 0 Å². The molecule has 1 heterocycles. The molecule has 3 rings (SSSR count). The van der Waals surface area contributed by atoms with Gasteiger partial charge in [-0.05, 0) is 36.2 Å². The van der Waals surface area contributed by atoms with E-state index in [0.29, 0.717) is 6.54 Å². The van der Waals surface area contributed by atoms with Crippen LogP contribution in [-0.2, 0) is 6.54 Å². The van der Waals surface area contributed by atoms with E-state index in [2.05, 4.69) is 0 Å². The van der Waals surface area contributed by atoms with Crippen molar-refractivity contribution in [3.05, 3.63) is 65.2 Å². The summed E-state index contributed by atoms with van der Waals surface area (Å²) in [5.74, 6) is 0.0715. The highest BCUT2D eigenvalue weighted by molar-refractivity contribution is 6.20. The molecule has 96 valence electrons. The largest absolute Gasteiger partial charge is 0.304 e. The monoisotopic (exact) mass is 271 g/mol. The van der Waals surface area contributed by atoms with Gasteiger partial charge in [-0.1, -0.05) is 30.3 Å². The summed E-state index contributed by atoms with van der Waals surface area (Å²) < 4.78 is 0. The highest BCUT2D eigenvalue weighted by Crippen LogP contribution is 2.29. The molecule has 0 saturated carbocycles. The molecule has 0 saturated heterocycles. The van der Waals surface area contributed by atoms with Crippen molar-refractivity contribution in [3.8, 4) is 0 Å². The molecule has 0 aromatic heterocycles. The number of rotatable bonds is 2. The first-order valence-electron chi connectivity index (χ1n) is 6.30. The number of nitrogens with zero attached hydrogens (tertiary/aromatic N) is 1. The van der Waals surface area contributed by atoms with E-state index in [1.165, 1.54) is 0 Å². The van der Waals surface area contributed by atoms with Crippen LogP contribution in [0.3, 0.4) is 0 Å². The van der Waals surface area contributed by atoms with Crippen LogP contribution in [-0.4, -0.2) is 5.91 Å².